The Morgan fingerprint density at radius 3 is 3.10 bits per heavy atom. The molecule has 0 spiro atoms. The summed E-state index contributed by atoms with van der Waals surface area (Å²) in [5, 5.41) is 5.90. The molecule has 1 saturated heterocycles. The van der Waals surface area contributed by atoms with Crippen LogP contribution in [0.25, 0.3) is 0 Å². The first-order chi connectivity index (χ1) is 10.2. The highest BCUT2D eigenvalue weighted by atomic mass is 16.2. The fraction of sp³-hybridized carbons (Fsp3) is 0.533. The molecule has 0 aromatic carbocycles. The second-order valence-electron chi connectivity index (χ2n) is 5.67. The highest BCUT2D eigenvalue weighted by molar-refractivity contribution is 5.86. The lowest BCUT2D eigenvalue weighted by Gasteiger charge is -2.43. The molecule has 0 bridgehead atoms. The van der Waals surface area contributed by atoms with E-state index in [-0.39, 0.29) is 30.6 Å². The van der Waals surface area contributed by atoms with Gasteiger partial charge in [-0.2, -0.15) is 0 Å². The Morgan fingerprint density at radius 2 is 2.29 bits per heavy atom. The maximum Gasteiger partial charge on any atom is 0.318 e. The molecule has 21 heavy (non-hydrogen) atoms. The molecule has 2 heterocycles. The van der Waals surface area contributed by atoms with E-state index in [0.29, 0.717) is 6.54 Å². The van der Waals surface area contributed by atoms with E-state index >= 15 is 0 Å². The molecule has 0 radical (unpaired) electrons. The van der Waals surface area contributed by atoms with Gasteiger partial charge in [-0.15, -0.1) is 0 Å². The molecular formula is C15H20N4O2. The molecular weight excluding hydrogens is 268 g/mol. The van der Waals surface area contributed by atoms with Gasteiger partial charge in [0.2, 0.25) is 5.91 Å². The van der Waals surface area contributed by atoms with Crippen LogP contribution in [0.2, 0.25) is 0 Å². The third kappa shape index (κ3) is 3.15. The molecule has 6 nitrogen and oxygen atoms in total. The summed E-state index contributed by atoms with van der Waals surface area (Å²) in [5.74, 6) is -0.0605. The lowest BCUT2D eigenvalue weighted by Crippen LogP contribution is -2.64. The largest absolute Gasteiger partial charge is 0.350 e. The molecule has 0 unspecified atom stereocenters. The molecule has 1 aliphatic carbocycles. The quantitative estimate of drug-likeness (QED) is 0.853. The number of pyridine rings is 1. The maximum absolute atomic E-state index is 12.4. The number of urea groups is 1. The number of rotatable bonds is 2. The molecule has 2 N–H and O–H groups in total. The number of nitrogens with one attached hydrogen (secondary N) is 2. The number of aromatic nitrogens is 1. The highest BCUT2D eigenvalue weighted by Crippen LogP contribution is 2.25. The van der Waals surface area contributed by atoms with E-state index in [1.54, 1.807) is 17.3 Å². The number of nitrogens with zero attached hydrogens (tertiary/aromatic N) is 2. The standard InChI is InChI=1S/C15H20N4O2/c20-14-10-19(13-6-2-1-5-12(13)18-14)15(21)17-9-11-4-3-7-16-8-11/h3-4,7-8,12-13H,1-2,5-6,9-10H2,(H,17,21)(H,18,20)/t12-,13+/m1/s1. The van der Waals surface area contributed by atoms with Crippen LogP contribution >= 0.6 is 0 Å². The Hall–Kier alpha value is -2.11. The molecule has 3 rings (SSSR count). The molecule has 2 fully saturated rings. The molecule has 1 saturated carbocycles. The topological polar surface area (TPSA) is 74.3 Å². The van der Waals surface area contributed by atoms with Gasteiger partial charge in [-0.25, -0.2) is 4.79 Å². The Labute approximate surface area is 123 Å². The zero-order chi connectivity index (χ0) is 14.7. The summed E-state index contributed by atoms with van der Waals surface area (Å²) < 4.78 is 0. The lowest BCUT2D eigenvalue weighted by molar-refractivity contribution is -0.126. The fourth-order valence-electron chi connectivity index (χ4n) is 3.18. The monoisotopic (exact) mass is 288 g/mol. The summed E-state index contributed by atoms with van der Waals surface area (Å²) >= 11 is 0. The van der Waals surface area contributed by atoms with E-state index in [4.69, 9.17) is 0 Å². The molecule has 112 valence electrons. The van der Waals surface area contributed by atoms with Crippen molar-refractivity contribution in [2.45, 2.75) is 44.3 Å². The third-order valence-corrected chi connectivity index (χ3v) is 4.22. The molecule has 3 amide bonds. The van der Waals surface area contributed by atoms with Gasteiger partial charge >= 0.3 is 6.03 Å². The van der Waals surface area contributed by atoms with Gasteiger partial charge in [0.25, 0.3) is 0 Å². The van der Waals surface area contributed by atoms with Crippen LogP contribution in [0.15, 0.2) is 24.5 Å². The number of carbonyl (C=O) groups is 2. The van der Waals surface area contributed by atoms with Gasteiger partial charge in [-0.1, -0.05) is 18.9 Å². The minimum absolute atomic E-state index is 0.0605. The van der Waals surface area contributed by atoms with Gasteiger partial charge in [0.15, 0.2) is 0 Å². The Morgan fingerprint density at radius 1 is 1.43 bits per heavy atom. The first-order valence-electron chi connectivity index (χ1n) is 7.47. The fourth-order valence-corrected chi connectivity index (χ4v) is 3.18. The zero-order valence-corrected chi connectivity index (χ0v) is 11.9. The number of piperazine rings is 1. The predicted molar refractivity (Wildman–Crippen MR) is 77.4 cm³/mol. The van der Waals surface area contributed by atoms with Crippen molar-refractivity contribution >= 4 is 11.9 Å². The number of fused-ring (bicyclic) bond motifs is 1. The second kappa shape index (κ2) is 6.11. The van der Waals surface area contributed by atoms with Crippen LogP contribution in [0.5, 0.6) is 0 Å². The van der Waals surface area contributed by atoms with Crippen molar-refractivity contribution in [3.63, 3.8) is 0 Å². The van der Waals surface area contributed by atoms with E-state index in [0.717, 1.165) is 31.2 Å². The summed E-state index contributed by atoms with van der Waals surface area (Å²) in [5.41, 5.74) is 0.951. The molecule has 1 aliphatic heterocycles. The van der Waals surface area contributed by atoms with Crippen LogP contribution in [0, 0.1) is 0 Å². The Bertz CT molecular complexity index is 520. The van der Waals surface area contributed by atoms with Gasteiger partial charge in [0, 0.05) is 25.0 Å². The summed E-state index contributed by atoms with van der Waals surface area (Å²) in [4.78, 5) is 29.9. The average molecular weight is 288 g/mol. The van der Waals surface area contributed by atoms with E-state index in [1.807, 2.05) is 12.1 Å². The van der Waals surface area contributed by atoms with Crippen molar-refractivity contribution in [1.29, 1.82) is 0 Å². The van der Waals surface area contributed by atoms with Gasteiger partial charge in [-0.3, -0.25) is 9.78 Å². The van der Waals surface area contributed by atoms with Crippen molar-refractivity contribution in [3.8, 4) is 0 Å². The molecule has 2 aliphatic rings. The van der Waals surface area contributed by atoms with Crippen molar-refractivity contribution in [1.82, 2.24) is 20.5 Å². The van der Waals surface area contributed by atoms with Gasteiger partial charge < -0.3 is 15.5 Å². The second-order valence-corrected chi connectivity index (χ2v) is 5.67. The van der Waals surface area contributed by atoms with E-state index < -0.39 is 0 Å². The molecule has 1 aromatic heterocycles. The van der Waals surface area contributed by atoms with Crippen LogP contribution < -0.4 is 10.6 Å². The maximum atomic E-state index is 12.4. The first-order valence-corrected chi connectivity index (χ1v) is 7.47. The van der Waals surface area contributed by atoms with Crippen LogP contribution in [0.1, 0.15) is 31.2 Å². The van der Waals surface area contributed by atoms with E-state index in [2.05, 4.69) is 15.6 Å². The zero-order valence-electron chi connectivity index (χ0n) is 11.9. The number of hydrogen-bond donors (Lipinski definition) is 2. The summed E-state index contributed by atoms with van der Waals surface area (Å²) in [7, 11) is 0. The van der Waals surface area contributed by atoms with Crippen LogP contribution in [0.3, 0.4) is 0 Å². The SMILES string of the molecule is O=C1CN(C(=O)NCc2cccnc2)[C@H]2CCCC[C@H]2N1. The first kappa shape index (κ1) is 13.9. The Kier molecular flexibility index (Phi) is 4.03. The number of carbonyl (C=O) groups excluding carboxylic acids is 2. The third-order valence-electron chi connectivity index (χ3n) is 4.22. The van der Waals surface area contributed by atoms with Crippen molar-refractivity contribution in [3.05, 3.63) is 30.1 Å². The van der Waals surface area contributed by atoms with Crippen LogP contribution in [-0.2, 0) is 11.3 Å². The lowest BCUT2D eigenvalue weighted by atomic mass is 9.87. The molecule has 2 atom stereocenters. The van der Waals surface area contributed by atoms with Crippen molar-refractivity contribution in [2.75, 3.05) is 6.54 Å². The van der Waals surface area contributed by atoms with Crippen LogP contribution in [0.4, 0.5) is 4.79 Å². The molecule has 1 aromatic rings. The summed E-state index contributed by atoms with van der Waals surface area (Å²) in [6.45, 7) is 0.586. The number of amides is 3. The smallest absolute Gasteiger partial charge is 0.318 e. The summed E-state index contributed by atoms with van der Waals surface area (Å²) in [6.07, 6.45) is 7.59. The summed E-state index contributed by atoms with van der Waals surface area (Å²) in [6, 6.07) is 3.84. The van der Waals surface area contributed by atoms with Gasteiger partial charge in [0.1, 0.15) is 6.54 Å². The highest BCUT2D eigenvalue weighted by Gasteiger charge is 2.38. The van der Waals surface area contributed by atoms with Gasteiger partial charge in [0.05, 0.1) is 6.04 Å². The number of hydrogen-bond acceptors (Lipinski definition) is 3. The van der Waals surface area contributed by atoms with E-state index in [1.165, 1.54) is 0 Å². The average Bonchev–Trinajstić information content (AvgIpc) is 2.52. The normalized spacial score (nSPS) is 25.0. The van der Waals surface area contributed by atoms with E-state index in [9.17, 15) is 9.59 Å². The molecule has 6 heteroatoms. The minimum Gasteiger partial charge on any atom is -0.350 e. The van der Waals surface area contributed by atoms with Crippen molar-refractivity contribution in [2.24, 2.45) is 0 Å². The Balaban J connectivity index is 1.63. The van der Waals surface area contributed by atoms with Gasteiger partial charge in [-0.05, 0) is 24.5 Å². The van der Waals surface area contributed by atoms with Crippen LogP contribution in [-0.4, -0.2) is 40.5 Å². The predicted octanol–water partition coefficient (Wildman–Crippen LogP) is 1.03. The minimum atomic E-state index is -0.161. The van der Waals surface area contributed by atoms with Crippen molar-refractivity contribution < 1.29 is 9.59 Å².